The van der Waals surface area contributed by atoms with Crippen molar-refractivity contribution < 1.29 is 4.79 Å². The maximum Gasteiger partial charge on any atom is 0.136 e. The van der Waals surface area contributed by atoms with E-state index in [9.17, 15) is 4.79 Å². The highest BCUT2D eigenvalue weighted by molar-refractivity contribution is 5.81. The third kappa shape index (κ3) is 2.90. The van der Waals surface area contributed by atoms with E-state index < -0.39 is 0 Å². The Labute approximate surface area is 125 Å². The first-order chi connectivity index (χ1) is 10.1. The number of carbonyl (C=O) groups is 1. The lowest BCUT2D eigenvalue weighted by Gasteiger charge is -2.34. The maximum atomic E-state index is 12.2. The highest BCUT2D eigenvalue weighted by Crippen LogP contribution is 2.27. The van der Waals surface area contributed by atoms with Crippen molar-refractivity contribution in [3.05, 3.63) is 53.0 Å². The van der Waals surface area contributed by atoms with E-state index in [1.165, 1.54) is 5.57 Å². The van der Waals surface area contributed by atoms with E-state index >= 15 is 0 Å². The van der Waals surface area contributed by atoms with Gasteiger partial charge in [0.1, 0.15) is 5.78 Å². The minimum atomic E-state index is 0.00505. The lowest BCUT2D eigenvalue weighted by molar-refractivity contribution is -0.121. The molecule has 2 N–H and O–H groups in total. The van der Waals surface area contributed by atoms with Crippen LogP contribution in [-0.2, 0) is 4.79 Å². The summed E-state index contributed by atoms with van der Waals surface area (Å²) in [5, 5.41) is 7.01. The summed E-state index contributed by atoms with van der Waals surface area (Å²) in [5.41, 5.74) is 4.46. The van der Waals surface area contributed by atoms with E-state index in [4.69, 9.17) is 0 Å². The number of Topliss-reactive ketones (excluding diaryl/α,β-unsaturated/α-hetero) is 1. The molecule has 2 aliphatic rings. The molecule has 2 unspecified atom stereocenters. The van der Waals surface area contributed by atoms with Gasteiger partial charge in [0.2, 0.25) is 0 Å². The molecule has 1 aromatic rings. The van der Waals surface area contributed by atoms with Gasteiger partial charge in [-0.1, -0.05) is 18.2 Å². The number of rotatable bonds is 2. The Morgan fingerprint density at radius 2 is 2.05 bits per heavy atom. The highest BCUT2D eigenvalue weighted by Gasteiger charge is 2.31. The van der Waals surface area contributed by atoms with E-state index in [-0.39, 0.29) is 12.1 Å². The first kappa shape index (κ1) is 14.0. The molecule has 21 heavy (non-hydrogen) atoms. The van der Waals surface area contributed by atoms with Crippen LogP contribution in [0.15, 0.2) is 41.8 Å². The molecular formula is C17H21N3O. The summed E-state index contributed by atoms with van der Waals surface area (Å²) < 4.78 is 0. The Kier molecular flexibility index (Phi) is 3.88. The molecule has 1 saturated heterocycles. The first-order valence-corrected chi connectivity index (χ1v) is 7.45. The molecule has 2 aliphatic heterocycles. The predicted molar refractivity (Wildman–Crippen MR) is 82.7 cm³/mol. The van der Waals surface area contributed by atoms with Crippen molar-refractivity contribution in [2.24, 2.45) is 0 Å². The summed E-state index contributed by atoms with van der Waals surface area (Å²) in [5.74, 6) is 0.297. The number of dihydropyridines is 1. The number of hydrogen-bond acceptors (Lipinski definition) is 4. The SMILES string of the molecule is CC1=C(C2CC(=O)CC(c3ncccc3C)N2)NCC=C1. The van der Waals surface area contributed by atoms with Crippen LogP contribution in [0.4, 0.5) is 0 Å². The standard InChI is InChI=1S/C17H21N3O/c1-11-5-3-7-18-16(11)14-9-13(21)10-15(20-14)17-12(2)6-4-8-19-17/h3-7,14-15,19-20H,8-10H2,1-2H3. The number of piperidine rings is 1. The summed E-state index contributed by atoms with van der Waals surface area (Å²) in [6, 6.07) is 4.04. The number of pyridine rings is 1. The molecule has 4 heteroatoms. The van der Waals surface area contributed by atoms with Gasteiger partial charge in [-0.25, -0.2) is 0 Å². The van der Waals surface area contributed by atoms with Crippen LogP contribution in [-0.4, -0.2) is 23.4 Å². The Morgan fingerprint density at radius 1 is 1.24 bits per heavy atom. The van der Waals surface area contributed by atoms with Crippen molar-refractivity contribution in [3.8, 4) is 0 Å². The highest BCUT2D eigenvalue weighted by atomic mass is 16.1. The Balaban J connectivity index is 1.87. The van der Waals surface area contributed by atoms with Crippen LogP contribution in [0.5, 0.6) is 0 Å². The quantitative estimate of drug-likeness (QED) is 0.873. The van der Waals surface area contributed by atoms with E-state index in [1.807, 2.05) is 19.1 Å². The second kappa shape index (κ2) is 5.82. The second-order valence-electron chi connectivity index (χ2n) is 5.80. The molecule has 3 heterocycles. The smallest absolute Gasteiger partial charge is 0.136 e. The molecule has 0 bridgehead atoms. The van der Waals surface area contributed by atoms with Gasteiger partial charge >= 0.3 is 0 Å². The van der Waals surface area contributed by atoms with Crippen molar-refractivity contribution in [2.45, 2.75) is 38.8 Å². The molecule has 0 amide bonds. The molecule has 110 valence electrons. The number of ketones is 1. The lowest BCUT2D eigenvalue weighted by atomic mass is 9.90. The zero-order valence-electron chi connectivity index (χ0n) is 12.5. The molecule has 3 rings (SSSR count). The largest absolute Gasteiger partial charge is 0.383 e. The normalized spacial score (nSPS) is 25.9. The van der Waals surface area contributed by atoms with Crippen LogP contribution in [0.2, 0.25) is 0 Å². The summed E-state index contributed by atoms with van der Waals surface area (Å²) in [7, 11) is 0. The monoisotopic (exact) mass is 283 g/mol. The van der Waals surface area contributed by atoms with Gasteiger partial charge < -0.3 is 5.32 Å². The number of aromatic nitrogens is 1. The van der Waals surface area contributed by atoms with Crippen molar-refractivity contribution in [3.63, 3.8) is 0 Å². The van der Waals surface area contributed by atoms with Crippen molar-refractivity contribution >= 4 is 5.78 Å². The Morgan fingerprint density at radius 3 is 2.81 bits per heavy atom. The maximum absolute atomic E-state index is 12.2. The second-order valence-corrected chi connectivity index (χ2v) is 5.80. The first-order valence-electron chi connectivity index (χ1n) is 7.45. The van der Waals surface area contributed by atoms with Gasteiger partial charge in [0, 0.05) is 31.3 Å². The average Bonchev–Trinajstić information content (AvgIpc) is 2.47. The van der Waals surface area contributed by atoms with Crippen LogP contribution in [0.1, 0.15) is 37.1 Å². The molecule has 0 spiro atoms. The molecule has 4 nitrogen and oxygen atoms in total. The van der Waals surface area contributed by atoms with Crippen LogP contribution in [0.25, 0.3) is 0 Å². The van der Waals surface area contributed by atoms with Crippen molar-refractivity contribution in [1.29, 1.82) is 0 Å². The summed E-state index contributed by atoms with van der Waals surface area (Å²) in [4.78, 5) is 16.7. The number of carbonyl (C=O) groups excluding carboxylic acids is 1. The van der Waals surface area contributed by atoms with Crippen molar-refractivity contribution in [2.75, 3.05) is 6.54 Å². The fourth-order valence-corrected chi connectivity index (χ4v) is 3.15. The minimum absolute atomic E-state index is 0.00505. The fourth-order valence-electron chi connectivity index (χ4n) is 3.15. The van der Waals surface area contributed by atoms with E-state index in [1.54, 1.807) is 6.20 Å². The van der Waals surface area contributed by atoms with Gasteiger partial charge in [-0.05, 0) is 31.1 Å². The van der Waals surface area contributed by atoms with Crippen LogP contribution >= 0.6 is 0 Å². The van der Waals surface area contributed by atoms with E-state index in [0.717, 1.165) is 23.5 Å². The third-order valence-corrected chi connectivity index (χ3v) is 4.20. The van der Waals surface area contributed by atoms with Gasteiger partial charge in [0.15, 0.2) is 0 Å². The van der Waals surface area contributed by atoms with Crippen LogP contribution < -0.4 is 10.6 Å². The van der Waals surface area contributed by atoms with E-state index in [0.29, 0.717) is 18.6 Å². The van der Waals surface area contributed by atoms with Crippen LogP contribution in [0, 0.1) is 6.92 Å². The zero-order valence-corrected chi connectivity index (χ0v) is 12.5. The van der Waals surface area contributed by atoms with Gasteiger partial charge in [-0.15, -0.1) is 0 Å². The minimum Gasteiger partial charge on any atom is -0.383 e. The number of nitrogens with one attached hydrogen (secondary N) is 2. The topological polar surface area (TPSA) is 54.0 Å². The van der Waals surface area contributed by atoms with Crippen LogP contribution in [0.3, 0.4) is 0 Å². The number of aryl methyl sites for hydroxylation is 1. The molecule has 0 radical (unpaired) electrons. The average molecular weight is 283 g/mol. The molecule has 0 aliphatic carbocycles. The molecule has 1 aromatic heterocycles. The molecular weight excluding hydrogens is 262 g/mol. The van der Waals surface area contributed by atoms with Gasteiger partial charge in [-0.3, -0.25) is 15.1 Å². The zero-order chi connectivity index (χ0) is 14.8. The molecule has 2 atom stereocenters. The summed E-state index contributed by atoms with van der Waals surface area (Å²) >= 11 is 0. The Hall–Kier alpha value is -1.94. The lowest BCUT2D eigenvalue weighted by Crippen LogP contribution is -2.46. The van der Waals surface area contributed by atoms with E-state index in [2.05, 4.69) is 34.7 Å². The number of hydrogen-bond donors (Lipinski definition) is 2. The number of allylic oxidation sites excluding steroid dienone is 2. The Bertz CT molecular complexity index is 618. The fraction of sp³-hybridized carbons (Fsp3) is 0.412. The third-order valence-electron chi connectivity index (χ3n) is 4.20. The van der Waals surface area contributed by atoms with Crippen molar-refractivity contribution in [1.82, 2.24) is 15.6 Å². The molecule has 0 aromatic carbocycles. The number of nitrogens with zero attached hydrogens (tertiary/aromatic N) is 1. The summed E-state index contributed by atoms with van der Waals surface area (Å²) in [6.07, 6.45) is 7.09. The predicted octanol–water partition coefficient (Wildman–Crippen LogP) is 2.19. The summed E-state index contributed by atoms with van der Waals surface area (Å²) in [6.45, 7) is 4.95. The van der Waals surface area contributed by atoms with Gasteiger partial charge in [0.25, 0.3) is 0 Å². The molecule has 0 saturated carbocycles. The van der Waals surface area contributed by atoms with Gasteiger partial charge in [0.05, 0.1) is 17.8 Å². The van der Waals surface area contributed by atoms with Gasteiger partial charge in [-0.2, -0.15) is 0 Å². The molecule has 1 fully saturated rings.